The molecule has 0 bridgehead atoms. The predicted molar refractivity (Wildman–Crippen MR) is 74.8 cm³/mol. The van der Waals surface area contributed by atoms with Crippen LogP contribution in [-0.4, -0.2) is 49.6 Å². The minimum absolute atomic E-state index is 0.590. The first-order valence-corrected chi connectivity index (χ1v) is 6.45. The summed E-state index contributed by atoms with van der Waals surface area (Å²) in [5, 5.41) is 0. The van der Waals surface area contributed by atoms with Crippen LogP contribution in [0.3, 0.4) is 0 Å². The normalized spacial score (nSPS) is 22.1. The van der Waals surface area contributed by atoms with E-state index in [0.717, 1.165) is 37.6 Å². The number of nitrogen functional groups attached to an aromatic ring is 1. The van der Waals surface area contributed by atoms with Crippen LogP contribution in [0.15, 0.2) is 18.2 Å². The highest BCUT2D eigenvalue weighted by atomic mass is 16.5. The van der Waals surface area contributed by atoms with Crippen molar-refractivity contribution in [1.29, 1.82) is 0 Å². The van der Waals surface area contributed by atoms with E-state index in [1.165, 1.54) is 5.56 Å². The van der Waals surface area contributed by atoms with Crippen LogP contribution in [0.5, 0.6) is 5.75 Å². The van der Waals surface area contributed by atoms with Gasteiger partial charge in [-0.25, -0.2) is 0 Å². The van der Waals surface area contributed by atoms with Gasteiger partial charge in [-0.05, 0) is 31.7 Å². The summed E-state index contributed by atoms with van der Waals surface area (Å²) in [4.78, 5) is 4.88. The van der Waals surface area contributed by atoms with Crippen LogP contribution in [0.4, 0.5) is 5.69 Å². The van der Waals surface area contributed by atoms with E-state index in [1.54, 1.807) is 7.11 Å². The van der Waals surface area contributed by atoms with Crippen LogP contribution in [0, 0.1) is 0 Å². The standard InChI is InChI=1S/C14H23N3O/c1-11-9-16(2)6-7-17(11)10-12-4-5-14(18-3)13(15)8-12/h4-5,8,11H,6-7,9-10,15H2,1-3H3. The zero-order chi connectivity index (χ0) is 13.1. The van der Waals surface area contributed by atoms with Gasteiger partial charge in [0.2, 0.25) is 0 Å². The summed E-state index contributed by atoms with van der Waals surface area (Å²) in [6.07, 6.45) is 0. The quantitative estimate of drug-likeness (QED) is 0.823. The van der Waals surface area contributed by atoms with Crippen LogP contribution < -0.4 is 10.5 Å². The van der Waals surface area contributed by atoms with Gasteiger partial charge in [0, 0.05) is 32.2 Å². The fourth-order valence-corrected chi connectivity index (χ4v) is 2.53. The molecular formula is C14H23N3O. The molecule has 2 N–H and O–H groups in total. The van der Waals surface area contributed by atoms with Crippen LogP contribution in [-0.2, 0) is 6.54 Å². The third-order valence-electron chi connectivity index (χ3n) is 3.65. The second-order valence-electron chi connectivity index (χ2n) is 5.16. The maximum absolute atomic E-state index is 5.94. The third-order valence-corrected chi connectivity index (χ3v) is 3.65. The Labute approximate surface area is 109 Å². The predicted octanol–water partition coefficient (Wildman–Crippen LogP) is 1.41. The fraction of sp³-hybridized carbons (Fsp3) is 0.571. The SMILES string of the molecule is COc1ccc(CN2CCN(C)CC2C)cc1N. The highest BCUT2D eigenvalue weighted by molar-refractivity contribution is 5.54. The maximum atomic E-state index is 5.94. The third kappa shape index (κ3) is 2.94. The molecule has 1 unspecified atom stereocenters. The van der Waals surface area contributed by atoms with Gasteiger partial charge in [0.25, 0.3) is 0 Å². The molecule has 0 radical (unpaired) electrons. The summed E-state index contributed by atoms with van der Waals surface area (Å²) in [5.41, 5.74) is 7.92. The first-order valence-electron chi connectivity index (χ1n) is 6.45. The molecule has 18 heavy (non-hydrogen) atoms. The average molecular weight is 249 g/mol. The molecule has 1 aliphatic rings. The molecule has 4 nitrogen and oxygen atoms in total. The second-order valence-corrected chi connectivity index (χ2v) is 5.16. The number of hydrogen-bond acceptors (Lipinski definition) is 4. The number of benzene rings is 1. The van der Waals surface area contributed by atoms with Gasteiger partial charge in [-0.3, -0.25) is 4.90 Å². The van der Waals surface area contributed by atoms with E-state index < -0.39 is 0 Å². The fourth-order valence-electron chi connectivity index (χ4n) is 2.53. The number of ether oxygens (including phenoxy) is 1. The van der Waals surface area contributed by atoms with Crippen molar-refractivity contribution in [3.05, 3.63) is 23.8 Å². The Kier molecular flexibility index (Phi) is 4.09. The molecule has 100 valence electrons. The molecule has 4 heteroatoms. The van der Waals surface area contributed by atoms with Gasteiger partial charge in [-0.2, -0.15) is 0 Å². The summed E-state index contributed by atoms with van der Waals surface area (Å²) in [7, 11) is 3.83. The highest BCUT2D eigenvalue weighted by Gasteiger charge is 2.21. The van der Waals surface area contributed by atoms with Crippen molar-refractivity contribution < 1.29 is 4.74 Å². The van der Waals surface area contributed by atoms with Gasteiger partial charge in [0.05, 0.1) is 12.8 Å². The van der Waals surface area contributed by atoms with Crippen LogP contribution in [0.25, 0.3) is 0 Å². The van der Waals surface area contributed by atoms with Crippen molar-refractivity contribution in [2.24, 2.45) is 0 Å². The van der Waals surface area contributed by atoms with Crippen molar-refractivity contribution in [3.8, 4) is 5.75 Å². The second kappa shape index (κ2) is 5.59. The number of likely N-dealkylation sites (N-methyl/N-ethyl adjacent to an activating group) is 1. The number of rotatable bonds is 3. The lowest BCUT2D eigenvalue weighted by molar-refractivity contribution is 0.0938. The van der Waals surface area contributed by atoms with Gasteiger partial charge in [0.1, 0.15) is 5.75 Å². The molecule has 2 rings (SSSR count). The van der Waals surface area contributed by atoms with Crippen molar-refractivity contribution in [2.75, 3.05) is 39.5 Å². The zero-order valence-electron chi connectivity index (χ0n) is 11.5. The lowest BCUT2D eigenvalue weighted by Gasteiger charge is -2.38. The van der Waals surface area contributed by atoms with E-state index in [9.17, 15) is 0 Å². The molecule has 1 aromatic rings. The summed E-state index contributed by atoms with van der Waals surface area (Å²) >= 11 is 0. The summed E-state index contributed by atoms with van der Waals surface area (Å²) < 4.78 is 5.18. The molecule has 0 amide bonds. The van der Waals surface area contributed by atoms with E-state index in [4.69, 9.17) is 10.5 Å². The van der Waals surface area contributed by atoms with Crippen LogP contribution in [0.2, 0.25) is 0 Å². The van der Waals surface area contributed by atoms with Gasteiger partial charge in [-0.15, -0.1) is 0 Å². The van der Waals surface area contributed by atoms with Gasteiger partial charge in [-0.1, -0.05) is 6.07 Å². The lowest BCUT2D eigenvalue weighted by atomic mass is 10.1. The van der Waals surface area contributed by atoms with E-state index in [2.05, 4.69) is 29.8 Å². The number of anilines is 1. The number of nitrogens with zero attached hydrogens (tertiary/aromatic N) is 2. The summed E-state index contributed by atoms with van der Waals surface area (Å²) in [6.45, 7) is 6.62. The minimum atomic E-state index is 0.590. The van der Waals surface area contributed by atoms with Crippen molar-refractivity contribution in [2.45, 2.75) is 19.5 Å². The summed E-state index contributed by atoms with van der Waals surface area (Å²) in [5.74, 6) is 0.755. The molecule has 1 heterocycles. The highest BCUT2D eigenvalue weighted by Crippen LogP contribution is 2.23. The molecule has 1 fully saturated rings. The Bertz CT molecular complexity index is 408. The first kappa shape index (κ1) is 13.2. The average Bonchev–Trinajstić information content (AvgIpc) is 2.33. The first-order chi connectivity index (χ1) is 8.60. The monoisotopic (exact) mass is 249 g/mol. The molecule has 0 spiro atoms. The van der Waals surface area contributed by atoms with Crippen molar-refractivity contribution in [3.63, 3.8) is 0 Å². The molecule has 0 saturated carbocycles. The Morgan fingerprint density at radius 3 is 2.78 bits per heavy atom. The summed E-state index contributed by atoms with van der Waals surface area (Å²) in [6, 6.07) is 6.65. The Morgan fingerprint density at radius 1 is 1.39 bits per heavy atom. The molecule has 1 saturated heterocycles. The van der Waals surface area contributed by atoms with Crippen LogP contribution >= 0.6 is 0 Å². The Morgan fingerprint density at radius 2 is 2.17 bits per heavy atom. The molecule has 1 atom stereocenters. The van der Waals surface area contributed by atoms with Gasteiger partial charge in [0.15, 0.2) is 0 Å². The molecule has 1 aromatic carbocycles. The smallest absolute Gasteiger partial charge is 0.141 e. The largest absolute Gasteiger partial charge is 0.495 e. The van der Waals surface area contributed by atoms with E-state index in [0.29, 0.717) is 6.04 Å². The van der Waals surface area contributed by atoms with Gasteiger partial charge < -0.3 is 15.4 Å². The van der Waals surface area contributed by atoms with E-state index >= 15 is 0 Å². The molecular weight excluding hydrogens is 226 g/mol. The van der Waals surface area contributed by atoms with Gasteiger partial charge >= 0.3 is 0 Å². The van der Waals surface area contributed by atoms with Crippen molar-refractivity contribution in [1.82, 2.24) is 9.80 Å². The van der Waals surface area contributed by atoms with E-state index in [1.807, 2.05) is 12.1 Å². The maximum Gasteiger partial charge on any atom is 0.141 e. The molecule has 1 aliphatic heterocycles. The molecule has 0 aromatic heterocycles. The van der Waals surface area contributed by atoms with Crippen molar-refractivity contribution >= 4 is 5.69 Å². The zero-order valence-corrected chi connectivity index (χ0v) is 11.5. The topological polar surface area (TPSA) is 41.7 Å². The lowest BCUT2D eigenvalue weighted by Crippen LogP contribution is -2.49. The van der Waals surface area contributed by atoms with E-state index in [-0.39, 0.29) is 0 Å². The molecule has 0 aliphatic carbocycles. The minimum Gasteiger partial charge on any atom is -0.495 e. The number of piperazine rings is 1. The number of hydrogen-bond donors (Lipinski definition) is 1. The Balaban J connectivity index is 2.03. The van der Waals surface area contributed by atoms with Crippen LogP contribution in [0.1, 0.15) is 12.5 Å². The number of methoxy groups -OCH3 is 1. The number of nitrogens with two attached hydrogens (primary N) is 1. The Hall–Kier alpha value is -1.26.